The highest BCUT2D eigenvalue weighted by atomic mass is 35.5. The number of carbonyl (C=O) groups is 1. The standard InChI is InChI=1S/C14H11ClF2N2O/c1-8(9-2-4-11(15)5-3-9)18-14(20)10-6-12(16)19-13(17)7-10/h2-8H,1H3,(H,18,20). The summed E-state index contributed by atoms with van der Waals surface area (Å²) in [6, 6.07) is 8.37. The van der Waals surface area contributed by atoms with Crippen molar-refractivity contribution >= 4 is 17.5 Å². The molecule has 0 radical (unpaired) electrons. The van der Waals surface area contributed by atoms with Crippen LogP contribution in [0.2, 0.25) is 5.02 Å². The van der Waals surface area contributed by atoms with Crippen molar-refractivity contribution in [3.05, 3.63) is 64.4 Å². The molecule has 1 amide bonds. The molecule has 104 valence electrons. The largest absolute Gasteiger partial charge is 0.346 e. The molecule has 1 unspecified atom stereocenters. The molecule has 0 saturated carbocycles. The van der Waals surface area contributed by atoms with Gasteiger partial charge in [0.05, 0.1) is 6.04 Å². The third-order valence-electron chi connectivity index (χ3n) is 2.74. The van der Waals surface area contributed by atoms with Crippen LogP contribution in [-0.2, 0) is 0 Å². The number of benzene rings is 1. The highest BCUT2D eigenvalue weighted by Gasteiger charge is 2.13. The molecule has 1 heterocycles. The Hall–Kier alpha value is -2.01. The maximum absolute atomic E-state index is 12.9. The van der Waals surface area contributed by atoms with E-state index < -0.39 is 17.8 Å². The number of amides is 1. The van der Waals surface area contributed by atoms with Gasteiger partial charge in [0.25, 0.3) is 5.91 Å². The van der Waals surface area contributed by atoms with Gasteiger partial charge >= 0.3 is 0 Å². The number of rotatable bonds is 3. The van der Waals surface area contributed by atoms with Gasteiger partial charge in [-0.3, -0.25) is 4.79 Å². The molecule has 0 bridgehead atoms. The molecule has 0 aliphatic rings. The van der Waals surface area contributed by atoms with Crippen LogP contribution in [0.15, 0.2) is 36.4 Å². The first-order valence-electron chi connectivity index (χ1n) is 5.85. The molecule has 0 fully saturated rings. The van der Waals surface area contributed by atoms with Gasteiger partial charge < -0.3 is 5.32 Å². The Balaban J connectivity index is 2.12. The van der Waals surface area contributed by atoms with Gasteiger partial charge in [-0.1, -0.05) is 23.7 Å². The van der Waals surface area contributed by atoms with Crippen molar-refractivity contribution in [3.63, 3.8) is 0 Å². The van der Waals surface area contributed by atoms with Gasteiger partial charge in [-0.25, -0.2) is 0 Å². The summed E-state index contributed by atoms with van der Waals surface area (Å²) < 4.78 is 25.9. The molecule has 0 aliphatic carbocycles. The summed E-state index contributed by atoms with van der Waals surface area (Å²) in [6.45, 7) is 1.76. The number of pyridine rings is 1. The molecule has 20 heavy (non-hydrogen) atoms. The monoisotopic (exact) mass is 296 g/mol. The van der Waals surface area contributed by atoms with Gasteiger partial charge in [0.1, 0.15) is 0 Å². The molecule has 6 heteroatoms. The average Bonchev–Trinajstić information content (AvgIpc) is 2.38. The van der Waals surface area contributed by atoms with Gasteiger partial charge in [-0.05, 0) is 24.6 Å². The second kappa shape index (κ2) is 5.96. The van der Waals surface area contributed by atoms with E-state index in [-0.39, 0.29) is 11.6 Å². The molecule has 1 N–H and O–H groups in total. The Morgan fingerprint density at radius 1 is 1.20 bits per heavy atom. The van der Waals surface area contributed by atoms with Crippen LogP contribution in [0.3, 0.4) is 0 Å². The average molecular weight is 297 g/mol. The van der Waals surface area contributed by atoms with Crippen LogP contribution in [0.5, 0.6) is 0 Å². The molecule has 0 saturated heterocycles. The fourth-order valence-corrected chi connectivity index (χ4v) is 1.84. The molecular weight excluding hydrogens is 286 g/mol. The van der Waals surface area contributed by atoms with Crippen LogP contribution in [0, 0.1) is 11.9 Å². The summed E-state index contributed by atoms with van der Waals surface area (Å²) in [5.41, 5.74) is 0.716. The first-order valence-corrected chi connectivity index (χ1v) is 6.23. The number of nitrogens with zero attached hydrogens (tertiary/aromatic N) is 1. The van der Waals surface area contributed by atoms with Crippen LogP contribution in [0.1, 0.15) is 28.9 Å². The van der Waals surface area contributed by atoms with E-state index in [1.165, 1.54) is 0 Å². The van der Waals surface area contributed by atoms with Crippen molar-refractivity contribution in [2.24, 2.45) is 0 Å². The number of nitrogens with one attached hydrogen (secondary N) is 1. The van der Waals surface area contributed by atoms with E-state index in [2.05, 4.69) is 10.3 Å². The molecular formula is C14H11ClF2N2O. The van der Waals surface area contributed by atoms with E-state index in [0.717, 1.165) is 17.7 Å². The Kier molecular flexibility index (Phi) is 4.29. The van der Waals surface area contributed by atoms with Crippen molar-refractivity contribution in [3.8, 4) is 0 Å². The van der Waals surface area contributed by atoms with Gasteiger partial charge in [-0.15, -0.1) is 0 Å². The third kappa shape index (κ3) is 3.51. The lowest BCUT2D eigenvalue weighted by Crippen LogP contribution is -2.27. The normalized spacial score (nSPS) is 12.0. The zero-order valence-electron chi connectivity index (χ0n) is 10.5. The fourth-order valence-electron chi connectivity index (χ4n) is 1.71. The van der Waals surface area contributed by atoms with Gasteiger partial charge in [0.15, 0.2) is 0 Å². The minimum absolute atomic E-state index is 0.115. The van der Waals surface area contributed by atoms with Gasteiger partial charge in [0, 0.05) is 22.7 Å². The molecule has 0 aliphatic heterocycles. The van der Waals surface area contributed by atoms with Crippen LogP contribution < -0.4 is 5.32 Å². The molecule has 1 atom stereocenters. The van der Waals surface area contributed by atoms with Crippen molar-refractivity contribution in [2.75, 3.05) is 0 Å². The van der Waals surface area contributed by atoms with Crippen LogP contribution in [0.25, 0.3) is 0 Å². The first-order chi connectivity index (χ1) is 9.45. The first kappa shape index (κ1) is 14.4. The van der Waals surface area contributed by atoms with Crippen LogP contribution in [0.4, 0.5) is 8.78 Å². The molecule has 1 aromatic carbocycles. The zero-order chi connectivity index (χ0) is 14.7. The zero-order valence-corrected chi connectivity index (χ0v) is 11.3. The molecule has 3 nitrogen and oxygen atoms in total. The second-order valence-corrected chi connectivity index (χ2v) is 4.68. The Morgan fingerprint density at radius 2 is 1.75 bits per heavy atom. The van der Waals surface area contributed by atoms with Crippen molar-refractivity contribution < 1.29 is 13.6 Å². The van der Waals surface area contributed by atoms with Gasteiger partial charge in [0.2, 0.25) is 11.9 Å². The van der Waals surface area contributed by atoms with Gasteiger partial charge in [-0.2, -0.15) is 13.8 Å². The predicted molar refractivity (Wildman–Crippen MR) is 71.5 cm³/mol. The maximum Gasteiger partial charge on any atom is 0.252 e. The maximum atomic E-state index is 12.9. The third-order valence-corrected chi connectivity index (χ3v) is 2.99. The number of carbonyl (C=O) groups excluding carboxylic acids is 1. The van der Waals surface area contributed by atoms with Crippen molar-refractivity contribution in [2.45, 2.75) is 13.0 Å². The predicted octanol–water partition coefficient (Wildman–Crippen LogP) is 3.50. The quantitative estimate of drug-likeness (QED) is 0.881. The highest BCUT2D eigenvalue weighted by molar-refractivity contribution is 6.30. The minimum atomic E-state index is -1.03. The Labute approximate surface area is 119 Å². The van der Waals surface area contributed by atoms with Crippen molar-refractivity contribution in [1.82, 2.24) is 10.3 Å². The lowest BCUT2D eigenvalue weighted by Gasteiger charge is -2.14. The van der Waals surface area contributed by atoms with E-state index >= 15 is 0 Å². The van der Waals surface area contributed by atoms with E-state index in [9.17, 15) is 13.6 Å². The Morgan fingerprint density at radius 3 is 2.30 bits per heavy atom. The number of aromatic nitrogens is 1. The van der Waals surface area contributed by atoms with E-state index in [0.29, 0.717) is 5.02 Å². The molecule has 0 spiro atoms. The minimum Gasteiger partial charge on any atom is -0.346 e. The second-order valence-electron chi connectivity index (χ2n) is 4.25. The van der Waals surface area contributed by atoms with E-state index in [4.69, 9.17) is 11.6 Å². The number of hydrogen-bond donors (Lipinski definition) is 1. The SMILES string of the molecule is CC(NC(=O)c1cc(F)nc(F)c1)c1ccc(Cl)cc1. The molecule has 2 rings (SSSR count). The van der Waals surface area contributed by atoms with Crippen LogP contribution in [-0.4, -0.2) is 10.9 Å². The summed E-state index contributed by atoms with van der Waals surface area (Å²) in [7, 11) is 0. The summed E-state index contributed by atoms with van der Waals surface area (Å²) in [4.78, 5) is 14.8. The van der Waals surface area contributed by atoms with E-state index in [1.807, 2.05) is 0 Å². The lowest BCUT2D eigenvalue weighted by molar-refractivity contribution is 0.0938. The summed E-state index contributed by atoms with van der Waals surface area (Å²) in [5.74, 6) is -2.64. The number of halogens is 3. The lowest BCUT2D eigenvalue weighted by atomic mass is 10.1. The van der Waals surface area contributed by atoms with Crippen LogP contribution >= 0.6 is 11.6 Å². The fraction of sp³-hybridized carbons (Fsp3) is 0.143. The number of hydrogen-bond acceptors (Lipinski definition) is 2. The summed E-state index contributed by atoms with van der Waals surface area (Å²) >= 11 is 5.78. The van der Waals surface area contributed by atoms with Crippen molar-refractivity contribution in [1.29, 1.82) is 0 Å². The smallest absolute Gasteiger partial charge is 0.252 e. The molecule has 1 aromatic heterocycles. The summed E-state index contributed by atoms with van der Waals surface area (Å²) in [5, 5.41) is 3.23. The summed E-state index contributed by atoms with van der Waals surface area (Å²) in [6.07, 6.45) is 0. The van der Waals surface area contributed by atoms with E-state index in [1.54, 1.807) is 31.2 Å². The Bertz CT molecular complexity index is 611. The topological polar surface area (TPSA) is 42.0 Å². The molecule has 2 aromatic rings. The highest BCUT2D eigenvalue weighted by Crippen LogP contribution is 2.16.